The summed E-state index contributed by atoms with van der Waals surface area (Å²) in [5.41, 5.74) is 0.614. The third kappa shape index (κ3) is 3.08. The van der Waals surface area contributed by atoms with Crippen molar-refractivity contribution in [2.45, 2.75) is 57.0 Å². The summed E-state index contributed by atoms with van der Waals surface area (Å²) < 4.78 is 0. The minimum atomic E-state index is -1.07. The first-order valence-corrected chi connectivity index (χ1v) is 9.98. The summed E-state index contributed by atoms with van der Waals surface area (Å²) >= 11 is 0. The standard InChI is InChI=1S/C21H24N2O5/c24-18(25)12-22-16(13-6-1-2-7-13)10-5-11-17(21(22)28)23-19(26)14-8-3-4-9-15(14)20(23)27/h3-4,8-9,13,16-17H,1-2,5-7,10-12H2,(H,24,25)/t16-,17+/m1/s1. The Bertz CT molecular complexity index is 795. The average Bonchev–Trinajstić information content (AvgIpc) is 3.25. The average molecular weight is 384 g/mol. The van der Waals surface area contributed by atoms with Gasteiger partial charge in [-0.1, -0.05) is 25.0 Å². The molecule has 1 saturated carbocycles. The number of likely N-dealkylation sites (tertiary alicyclic amines) is 1. The fourth-order valence-corrected chi connectivity index (χ4v) is 5.06. The number of hydrogen-bond acceptors (Lipinski definition) is 4. The molecule has 2 aliphatic heterocycles. The Morgan fingerprint density at radius 1 is 0.929 bits per heavy atom. The van der Waals surface area contributed by atoms with Crippen LogP contribution in [-0.2, 0) is 9.59 Å². The van der Waals surface area contributed by atoms with E-state index < -0.39 is 29.7 Å². The highest BCUT2D eigenvalue weighted by Crippen LogP contribution is 2.36. The zero-order valence-electron chi connectivity index (χ0n) is 15.7. The van der Waals surface area contributed by atoms with Crippen molar-refractivity contribution in [3.05, 3.63) is 35.4 Å². The number of imide groups is 1. The van der Waals surface area contributed by atoms with E-state index in [9.17, 15) is 24.3 Å². The van der Waals surface area contributed by atoms with Gasteiger partial charge in [0.05, 0.1) is 11.1 Å². The Hall–Kier alpha value is -2.70. The molecule has 4 rings (SSSR count). The zero-order valence-corrected chi connectivity index (χ0v) is 15.7. The SMILES string of the molecule is O=C(O)CN1C(=O)[C@@H](N2C(=O)c3ccccc3C2=O)CCC[C@@H]1C1CCCC1. The van der Waals surface area contributed by atoms with Crippen LogP contribution in [0.5, 0.6) is 0 Å². The van der Waals surface area contributed by atoms with Crippen molar-refractivity contribution in [3.63, 3.8) is 0 Å². The molecule has 2 heterocycles. The molecule has 148 valence electrons. The fraction of sp³-hybridized carbons (Fsp3) is 0.524. The van der Waals surface area contributed by atoms with Crippen LogP contribution in [0.15, 0.2) is 24.3 Å². The van der Waals surface area contributed by atoms with Crippen LogP contribution in [0.2, 0.25) is 0 Å². The Balaban J connectivity index is 1.65. The second kappa shape index (κ2) is 7.37. The molecule has 28 heavy (non-hydrogen) atoms. The molecule has 2 atom stereocenters. The van der Waals surface area contributed by atoms with E-state index in [1.165, 1.54) is 4.90 Å². The van der Waals surface area contributed by atoms with E-state index in [4.69, 9.17) is 0 Å². The Labute approximate surface area is 163 Å². The molecule has 1 saturated heterocycles. The molecule has 0 spiro atoms. The van der Waals surface area contributed by atoms with E-state index in [1.54, 1.807) is 24.3 Å². The van der Waals surface area contributed by atoms with Crippen LogP contribution in [-0.4, -0.2) is 57.2 Å². The topological polar surface area (TPSA) is 95.0 Å². The van der Waals surface area contributed by atoms with Crippen LogP contribution in [0.25, 0.3) is 0 Å². The minimum Gasteiger partial charge on any atom is -0.480 e. The van der Waals surface area contributed by atoms with Gasteiger partial charge in [0, 0.05) is 6.04 Å². The molecule has 0 unspecified atom stereocenters. The largest absolute Gasteiger partial charge is 0.480 e. The first kappa shape index (κ1) is 18.7. The number of carbonyl (C=O) groups is 4. The maximum atomic E-state index is 13.4. The number of nitrogens with zero attached hydrogens (tertiary/aromatic N) is 2. The number of amides is 3. The number of rotatable bonds is 4. The summed E-state index contributed by atoms with van der Waals surface area (Å²) in [5, 5.41) is 9.39. The number of aliphatic carboxylic acids is 1. The predicted octanol–water partition coefficient (Wildman–Crippen LogP) is 2.31. The van der Waals surface area contributed by atoms with Crippen molar-refractivity contribution in [2.24, 2.45) is 5.92 Å². The summed E-state index contributed by atoms with van der Waals surface area (Å²) in [5.74, 6) is -2.11. The molecule has 2 fully saturated rings. The molecule has 0 aromatic heterocycles. The number of benzene rings is 1. The molecule has 7 heteroatoms. The van der Waals surface area contributed by atoms with Gasteiger partial charge < -0.3 is 10.0 Å². The number of carboxylic acids is 1. The molecule has 3 aliphatic rings. The highest BCUT2D eigenvalue weighted by molar-refractivity contribution is 6.22. The van der Waals surface area contributed by atoms with Gasteiger partial charge in [-0.25, -0.2) is 0 Å². The highest BCUT2D eigenvalue weighted by Gasteiger charge is 2.47. The lowest BCUT2D eigenvalue weighted by Crippen LogP contribution is -2.54. The van der Waals surface area contributed by atoms with Crippen LogP contribution in [0, 0.1) is 5.92 Å². The van der Waals surface area contributed by atoms with Crippen molar-refractivity contribution in [1.29, 1.82) is 0 Å². The first-order valence-electron chi connectivity index (χ1n) is 9.98. The van der Waals surface area contributed by atoms with Gasteiger partial charge in [-0.3, -0.25) is 24.1 Å². The second-order valence-electron chi connectivity index (χ2n) is 7.94. The molecule has 1 aromatic carbocycles. The van der Waals surface area contributed by atoms with Gasteiger partial charge in [0.2, 0.25) is 5.91 Å². The fourth-order valence-electron chi connectivity index (χ4n) is 5.06. The lowest BCUT2D eigenvalue weighted by atomic mass is 9.93. The molecule has 0 radical (unpaired) electrons. The van der Waals surface area contributed by atoms with Crippen molar-refractivity contribution in [1.82, 2.24) is 9.80 Å². The Morgan fingerprint density at radius 2 is 1.54 bits per heavy atom. The highest BCUT2D eigenvalue weighted by atomic mass is 16.4. The number of carbonyl (C=O) groups excluding carboxylic acids is 3. The summed E-state index contributed by atoms with van der Waals surface area (Å²) in [6, 6.07) is 5.49. The van der Waals surface area contributed by atoms with Crippen molar-refractivity contribution < 1.29 is 24.3 Å². The van der Waals surface area contributed by atoms with Crippen LogP contribution in [0.1, 0.15) is 65.7 Å². The Kier molecular flexibility index (Phi) is 4.91. The summed E-state index contributed by atoms with van der Waals surface area (Å²) in [6.07, 6.45) is 5.95. The normalized spacial score (nSPS) is 25.9. The van der Waals surface area contributed by atoms with Crippen molar-refractivity contribution >= 4 is 23.7 Å². The Morgan fingerprint density at radius 3 is 2.11 bits per heavy atom. The lowest BCUT2D eigenvalue weighted by molar-refractivity contribution is -0.148. The maximum Gasteiger partial charge on any atom is 0.323 e. The molecule has 0 bridgehead atoms. The van der Waals surface area contributed by atoms with Gasteiger partial charge in [0.1, 0.15) is 12.6 Å². The van der Waals surface area contributed by atoms with E-state index >= 15 is 0 Å². The van der Waals surface area contributed by atoms with Gasteiger partial charge in [-0.2, -0.15) is 0 Å². The zero-order chi connectivity index (χ0) is 19.8. The molecule has 1 aliphatic carbocycles. The molecule has 1 N–H and O–H groups in total. The van der Waals surface area contributed by atoms with Gasteiger partial charge in [0.15, 0.2) is 0 Å². The van der Waals surface area contributed by atoms with Crippen molar-refractivity contribution in [3.8, 4) is 0 Å². The third-order valence-corrected chi connectivity index (χ3v) is 6.33. The van der Waals surface area contributed by atoms with Crippen LogP contribution in [0.3, 0.4) is 0 Å². The molecular formula is C21H24N2O5. The van der Waals surface area contributed by atoms with Gasteiger partial charge in [0.25, 0.3) is 11.8 Å². The summed E-state index contributed by atoms with van der Waals surface area (Å²) in [4.78, 5) is 53.1. The summed E-state index contributed by atoms with van der Waals surface area (Å²) in [7, 11) is 0. The molecule has 3 amide bonds. The maximum absolute atomic E-state index is 13.4. The van der Waals surface area contributed by atoms with E-state index in [-0.39, 0.29) is 12.6 Å². The summed E-state index contributed by atoms with van der Waals surface area (Å²) in [6.45, 7) is -0.389. The smallest absolute Gasteiger partial charge is 0.323 e. The predicted molar refractivity (Wildman–Crippen MR) is 99.7 cm³/mol. The van der Waals surface area contributed by atoms with E-state index in [0.717, 1.165) is 30.6 Å². The van der Waals surface area contributed by atoms with Gasteiger partial charge >= 0.3 is 5.97 Å². The number of fused-ring (bicyclic) bond motifs is 1. The quantitative estimate of drug-likeness (QED) is 0.804. The van der Waals surface area contributed by atoms with Gasteiger partial charge in [-0.05, 0) is 50.2 Å². The lowest BCUT2D eigenvalue weighted by Gasteiger charge is -2.35. The van der Waals surface area contributed by atoms with Crippen LogP contribution in [0.4, 0.5) is 0 Å². The number of carboxylic acid groups (broad SMARTS) is 1. The second-order valence-corrected chi connectivity index (χ2v) is 7.94. The van der Waals surface area contributed by atoms with Crippen LogP contribution >= 0.6 is 0 Å². The molecule has 7 nitrogen and oxygen atoms in total. The van der Waals surface area contributed by atoms with E-state index in [1.807, 2.05) is 0 Å². The van der Waals surface area contributed by atoms with Crippen LogP contribution < -0.4 is 0 Å². The van der Waals surface area contributed by atoms with Crippen molar-refractivity contribution in [2.75, 3.05) is 6.54 Å². The third-order valence-electron chi connectivity index (χ3n) is 6.33. The first-order chi connectivity index (χ1) is 13.5. The molecular weight excluding hydrogens is 360 g/mol. The monoisotopic (exact) mass is 384 g/mol. The molecule has 1 aromatic rings. The van der Waals surface area contributed by atoms with Gasteiger partial charge in [-0.15, -0.1) is 0 Å². The minimum absolute atomic E-state index is 0.133. The van der Waals surface area contributed by atoms with E-state index in [0.29, 0.717) is 36.3 Å². The van der Waals surface area contributed by atoms with E-state index in [2.05, 4.69) is 0 Å². The number of hydrogen-bond donors (Lipinski definition) is 1.